The van der Waals surface area contributed by atoms with Crippen LogP contribution < -0.4 is 10.0 Å². The molecule has 2 aromatic heterocycles. The Kier molecular flexibility index (Phi) is 9.85. The van der Waals surface area contributed by atoms with Crippen LogP contribution >= 0.6 is 0 Å². The van der Waals surface area contributed by atoms with E-state index in [1.165, 1.54) is 36.4 Å². The average Bonchev–Trinajstić information content (AvgIpc) is 3.52. The molecule has 0 bridgehead atoms. The van der Waals surface area contributed by atoms with Crippen molar-refractivity contribution in [3.05, 3.63) is 126 Å². The molecule has 2 heterocycles. The van der Waals surface area contributed by atoms with E-state index in [0.29, 0.717) is 36.3 Å². The first-order valence-electron chi connectivity index (χ1n) is 13.9. The number of aromatic nitrogens is 3. The number of aryl methyl sites for hydroxylation is 1. The molecule has 226 valence electrons. The van der Waals surface area contributed by atoms with Gasteiger partial charge in [0.15, 0.2) is 5.78 Å². The van der Waals surface area contributed by atoms with Crippen LogP contribution in [0, 0.1) is 5.82 Å². The molecule has 0 amide bonds. The molecule has 0 aliphatic carbocycles. The van der Waals surface area contributed by atoms with E-state index < -0.39 is 21.9 Å². The van der Waals surface area contributed by atoms with Crippen molar-refractivity contribution in [1.29, 1.82) is 0 Å². The van der Waals surface area contributed by atoms with E-state index in [-0.39, 0.29) is 35.2 Å². The highest BCUT2D eigenvalue weighted by atomic mass is 32.2. The molecule has 1 atom stereocenters. The van der Waals surface area contributed by atoms with Crippen molar-refractivity contribution in [3.8, 4) is 11.4 Å². The first-order valence-corrected chi connectivity index (χ1v) is 15.4. The summed E-state index contributed by atoms with van der Waals surface area (Å²) in [5.41, 5.74) is 3.14. The number of aliphatic hydroxyl groups excluding tert-OH is 1. The Morgan fingerprint density at radius 1 is 0.955 bits per heavy atom. The van der Waals surface area contributed by atoms with Crippen molar-refractivity contribution >= 4 is 21.5 Å². The molecule has 0 saturated carbocycles. The number of benzene rings is 3. The van der Waals surface area contributed by atoms with Gasteiger partial charge in [-0.15, -0.1) is 0 Å². The minimum atomic E-state index is -3.84. The molecular weight excluding hydrogens is 585 g/mol. The number of nitrogens with one attached hydrogen (secondary N) is 2. The number of hydrogen-bond acceptors (Lipinski definition) is 9. The summed E-state index contributed by atoms with van der Waals surface area (Å²) in [6.07, 6.45) is 3.68. The van der Waals surface area contributed by atoms with Crippen LogP contribution in [-0.4, -0.2) is 47.5 Å². The minimum absolute atomic E-state index is 0.0651. The van der Waals surface area contributed by atoms with Gasteiger partial charge < -0.3 is 14.9 Å². The highest BCUT2D eigenvalue weighted by molar-refractivity contribution is 7.92. The molecule has 0 aliphatic heterocycles. The number of sulfonamides is 1. The van der Waals surface area contributed by atoms with Crippen LogP contribution in [0.5, 0.6) is 0 Å². The molecule has 0 aliphatic rings. The van der Waals surface area contributed by atoms with Crippen molar-refractivity contribution in [2.24, 2.45) is 0 Å². The van der Waals surface area contributed by atoms with Crippen molar-refractivity contribution in [2.75, 3.05) is 17.8 Å². The van der Waals surface area contributed by atoms with Gasteiger partial charge in [0.2, 0.25) is 11.7 Å². The zero-order valence-corrected chi connectivity index (χ0v) is 24.4. The molecule has 3 N–H and O–H groups in total. The SMILES string of the molecule is O=C(CCc1nc(-c2ccc(S(=O)(=O)Nc3ccc(CCNCC(O)c4cccnc4)cc3)cc2)no1)c1ccc(F)cc1. The van der Waals surface area contributed by atoms with Gasteiger partial charge in [0.25, 0.3) is 10.0 Å². The topological polar surface area (TPSA) is 147 Å². The number of carbonyl (C=O) groups is 1. The monoisotopic (exact) mass is 615 g/mol. The summed E-state index contributed by atoms with van der Waals surface area (Å²) in [5, 5.41) is 17.4. The third kappa shape index (κ3) is 8.19. The van der Waals surface area contributed by atoms with Crippen LogP contribution in [0.2, 0.25) is 0 Å². The predicted octanol–water partition coefficient (Wildman–Crippen LogP) is 4.75. The van der Waals surface area contributed by atoms with Crippen molar-refractivity contribution in [1.82, 2.24) is 20.4 Å². The molecule has 44 heavy (non-hydrogen) atoms. The van der Waals surface area contributed by atoms with E-state index in [2.05, 4.69) is 25.2 Å². The minimum Gasteiger partial charge on any atom is -0.387 e. The van der Waals surface area contributed by atoms with E-state index >= 15 is 0 Å². The molecule has 5 rings (SSSR count). The molecule has 0 fully saturated rings. The summed E-state index contributed by atoms with van der Waals surface area (Å²) in [6, 6.07) is 22.1. The second-order valence-corrected chi connectivity index (χ2v) is 11.7. The summed E-state index contributed by atoms with van der Waals surface area (Å²) in [6.45, 7) is 1.04. The summed E-state index contributed by atoms with van der Waals surface area (Å²) in [5.74, 6) is -0.0620. The fourth-order valence-corrected chi connectivity index (χ4v) is 5.43. The maximum atomic E-state index is 13.1. The third-order valence-corrected chi connectivity index (χ3v) is 8.22. The van der Waals surface area contributed by atoms with Gasteiger partial charge in [-0.1, -0.05) is 23.4 Å². The van der Waals surface area contributed by atoms with Gasteiger partial charge in [-0.25, -0.2) is 12.8 Å². The third-order valence-electron chi connectivity index (χ3n) is 6.83. The van der Waals surface area contributed by atoms with Crippen LogP contribution in [0.3, 0.4) is 0 Å². The molecule has 0 radical (unpaired) electrons. The van der Waals surface area contributed by atoms with Crippen LogP contribution in [0.4, 0.5) is 10.1 Å². The number of nitrogens with zero attached hydrogens (tertiary/aromatic N) is 3. The highest BCUT2D eigenvalue weighted by Crippen LogP contribution is 2.22. The van der Waals surface area contributed by atoms with Crippen molar-refractivity contribution < 1.29 is 27.2 Å². The lowest BCUT2D eigenvalue weighted by Gasteiger charge is -2.12. The zero-order chi connectivity index (χ0) is 30.9. The van der Waals surface area contributed by atoms with Crippen LogP contribution in [0.25, 0.3) is 11.4 Å². The number of ketones is 1. The first kappa shape index (κ1) is 30.7. The van der Waals surface area contributed by atoms with Gasteiger partial charge in [-0.2, -0.15) is 4.98 Å². The number of rotatable bonds is 14. The second-order valence-electron chi connectivity index (χ2n) is 10.0. The molecule has 0 spiro atoms. The van der Waals surface area contributed by atoms with E-state index in [4.69, 9.17) is 4.52 Å². The average molecular weight is 616 g/mol. The highest BCUT2D eigenvalue weighted by Gasteiger charge is 2.17. The molecular formula is C32H30FN5O5S. The van der Waals surface area contributed by atoms with Crippen LogP contribution in [-0.2, 0) is 22.9 Å². The maximum absolute atomic E-state index is 13.1. The predicted molar refractivity (Wildman–Crippen MR) is 162 cm³/mol. The quantitative estimate of drug-likeness (QED) is 0.119. The number of Topliss-reactive ketones (excluding diaryl/α,β-unsaturated/α-hetero) is 1. The lowest BCUT2D eigenvalue weighted by atomic mass is 10.1. The van der Waals surface area contributed by atoms with Crippen LogP contribution in [0.15, 0.2) is 107 Å². The smallest absolute Gasteiger partial charge is 0.261 e. The van der Waals surface area contributed by atoms with Crippen LogP contribution in [0.1, 0.15) is 39.9 Å². The van der Waals surface area contributed by atoms with E-state index in [0.717, 1.165) is 11.1 Å². The molecule has 5 aromatic rings. The largest absolute Gasteiger partial charge is 0.387 e. The molecule has 12 heteroatoms. The summed E-state index contributed by atoms with van der Waals surface area (Å²) < 4.78 is 46.8. The van der Waals surface area contributed by atoms with E-state index in [1.54, 1.807) is 42.7 Å². The Hall–Kier alpha value is -4.78. The van der Waals surface area contributed by atoms with Gasteiger partial charge in [0.1, 0.15) is 5.82 Å². The van der Waals surface area contributed by atoms with E-state index in [1.807, 2.05) is 18.2 Å². The fraction of sp³-hybridized carbons (Fsp3) is 0.188. The lowest BCUT2D eigenvalue weighted by Crippen LogP contribution is -2.23. The number of aliphatic hydroxyl groups is 1. The number of pyridine rings is 1. The summed E-state index contributed by atoms with van der Waals surface area (Å²) in [4.78, 5) is 20.7. The second kappa shape index (κ2) is 14.1. The van der Waals surface area contributed by atoms with E-state index in [9.17, 15) is 22.7 Å². The van der Waals surface area contributed by atoms with Crippen molar-refractivity contribution in [2.45, 2.75) is 30.3 Å². The normalized spacial score (nSPS) is 12.1. The number of hydrogen-bond donors (Lipinski definition) is 3. The number of halogens is 1. The molecule has 0 saturated heterocycles. The fourth-order valence-electron chi connectivity index (χ4n) is 4.37. The van der Waals surface area contributed by atoms with Gasteiger partial charge in [-0.3, -0.25) is 14.5 Å². The molecule has 10 nitrogen and oxygen atoms in total. The first-order chi connectivity index (χ1) is 21.3. The van der Waals surface area contributed by atoms with Crippen molar-refractivity contribution in [3.63, 3.8) is 0 Å². The van der Waals surface area contributed by atoms with Gasteiger partial charge >= 0.3 is 0 Å². The summed E-state index contributed by atoms with van der Waals surface area (Å²) >= 11 is 0. The lowest BCUT2D eigenvalue weighted by molar-refractivity contribution is 0.0979. The standard InChI is InChI=1S/C32H30FN5O5S/c33-26-9-5-23(6-10-26)29(39)15-16-31-36-32(37-43-31)24-7-13-28(14-8-24)44(41,42)38-27-11-3-22(4-12-27)17-19-35-21-30(40)25-2-1-18-34-20-25/h1-14,18,20,30,35,38,40H,15-17,19,21H2. The Morgan fingerprint density at radius 3 is 2.41 bits per heavy atom. The number of anilines is 1. The summed E-state index contributed by atoms with van der Waals surface area (Å²) in [7, 11) is -3.84. The van der Waals surface area contributed by atoms with Gasteiger partial charge in [0.05, 0.1) is 11.0 Å². The van der Waals surface area contributed by atoms with Gasteiger partial charge in [-0.05, 0) is 85.3 Å². The zero-order valence-electron chi connectivity index (χ0n) is 23.6. The van der Waals surface area contributed by atoms with Gasteiger partial charge in [0, 0.05) is 54.2 Å². The Bertz CT molecular complexity index is 1780. The number of carbonyl (C=O) groups excluding carboxylic acids is 1. The Morgan fingerprint density at radius 2 is 1.70 bits per heavy atom. The Balaban J connectivity index is 1.10. The maximum Gasteiger partial charge on any atom is 0.261 e. The Labute approximate surface area is 254 Å². The molecule has 3 aromatic carbocycles. The molecule has 1 unspecified atom stereocenters.